The van der Waals surface area contributed by atoms with Gasteiger partial charge >= 0.3 is 6.18 Å². The molecule has 0 rings (SSSR count). The first kappa shape index (κ1) is 26.2. The van der Waals surface area contributed by atoms with Crippen molar-refractivity contribution in [3.63, 3.8) is 0 Å². The molecule has 0 aromatic heterocycles. The van der Waals surface area contributed by atoms with Gasteiger partial charge in [-0.15, -0.1) is 18.1 Å². The van der Waals surface area contributed by atoms with E-state index in [9.17, 15) is 13.2 Å². The number of alkyl halides is 3. The van der Waals surface area contributed by atoms with Crippen LogP contribution in [-0.4, -0.2) is 30.3 Å². The third-order valence-electron chi connectivity index (χ3n) is 3.07. The monoisotopic (exact) mass is 359 g/mol. The Balaban J connectivity index is -0.00000103. The van der Waals surface area contributed by atoms with Gasteiger partial charge in [0.1, 0.15) is 0 Å². The minimum Gasteiger partial charge on any atom is -0.657 e. The molecule has 0 fully saturated rings. The molecule has 0 amide bonds. The van der Waals surface area contributed by atoms with Crippen LogP contribution in [0.15, 0.2) is 0 Å². The molecule has 0 saturated heterocycles. The molecule has 0 aliphatic heterocycles. The van der Waals surface area contributed by atoms with Gasteiger partial charge in [-0.2, -0.15) is 20.1 Å². The van der Waals surface area contributed by atoms with Crippen LogP contribution >= 0.6 is 0 Å². The first-order valence-electron chi connectivity index (χ1n) is 7.37. The minimum atomic E-state index is -4.26. The van der Waals surface area contributed by atoms with E-state index >= 15 is 0 Å². The molecule has 4 unspecified atom stereocenters. The van der Waals surface area contributed by atoms with Crippen molar-refractivity contribution in [2.24, 2.45) is 0 Å². The Bertz CT molecular complexity index is 225. The fraction of sp³-hybridized carbons (Fsp3) is 0.933. The van der Waals surface area contributed by atoms with E-state index in [2.05, 4.69) is 17.6 Å². The van der Waals surface area contributed by atoms with Gasteiger partial charge in [0.25, 0.3) is 0 Å². The fourth-order valence-electron chi connectivity index (χ4n) is 1.62. The molecule has 0 radical (unpaired) electrons. The average Bonchev–Trinajstić information content (AvgIpc) is 2.38. The van der Waals surface area contributed by atoms with E-state index in [0.717, 1.165) is 6.42 Å². The van der Waals surface area contributed by atoms with Crippen molar-refractivity contribution in [3.05, 3.63) is 17.6 Å². The normalized spacial score (nSPS) is 16.9. The number of nitrogens with zero attached hydrogens (tertiary/aromatic N) is 2. The zero-order valence-corrected chi connectivity index (χ0v) is 17.3. The fourth-order valence-corrected chi connectivity index (χ4v) is 1.62. The van der Waals surface area contributed by atoms with E-state index in [1.165, 1.54) is 0 Å². The Morgan fingerprint density at radius 3 is 1.57 bits per heavy atom. The number of halogens is 3. The maximum Gasteiger partial charge on any atom is 0.373 e. The molecule has 21 heavy (non-hydrogen) atoms. The molecule has 2 nitrogen and oxygen atoms in total. The Kier molecular flexibility index (Phi) is 17.4. The first-order valence-corrected chi connectivity index (χ1v) is 7.37. The maximum atomic E-state index is 12.9. The third-order valence-corrected chi connectivity index (χ3v) is 3.07. The molecule has 4 atom stereocenters. The summed E-state index contributed by atoms with van der Waals surface area (Å²) in [5.74, 6) is 0. The molecule has 0 aliphatic carbocycles. The van der Waals surface area contributed by atoms with Crippen LogP contribution in [-0.2, 0) is 19.5 Å². The molecule has 0 saturated carbocycles. The number of hydrogen-bond donors (Lipinski definition) is 0. The van der Waals surface area contributed by atoms with Crippen LogP contribution in [0.4, 0.5) is 13.2 Å². The molecule has 6 heteroatoms. The van der Waals surface area contributed by atoms with Gasteiger partial charge in [0.2, 0.25) is 0 Å². The molecule has 0 aliphatic rings. The van der Waals surface area contributed by atoms with Gasteiger partial charge in [-0.05, 0) is 6.04 Å². The van der Waals surface area contributed by atoms with Crippen molar-refractivity contribution < 1.29 is 32.6 Å². The Morgan fingerprint density at radius 1 is 0.857 bits per heavy atom. The summed E-state index contributed by atoms with van der Waals surface area (Å²) >= 11 is 0. The topological polar surface area (TPSA) is 28.2 Å². The standard InChI is InChI=1S/C13H25F3N2.C2H5.Zn/c1-6-9(3)17-11(5)8-12(13(14,15)16)18-10(4)7-2;1-2;/h9-12H,6-8H2,1-5H3;1H2,2H3;/q-2;-1;. The van der Waals surface area contributed by atoms with Crippen LogP contribution in [0.5, 0.6) is 0 Å². The van der Waals surface area contributed by atoms with Gasteiger partial charge < -0.3 is 17.6 Å². The van der Waals surface area contributed by atoms with Crippen molar-refractivity contribution in [1.82, 2.24) is 0 Å². The third kappa shape index (κ3) is 13.7. The molecule has 0 heterocycles. The van der Waals surface area contributed by atoms with Crippen LogP contribution < -0.4 is 0 Å². The number of rotatable bonds is 8. The second-order valence-electron chi connectivity index (χ2n) is 4.95. The molecule has 126 valence electrons. The smallest absolute Gasteiger partial charge is 0.373 e. The second kappa shape index (κ2) is 14.0. The molecular formula is C15H30F3N2Zn-3. The van der Waals surface area contributed by atoms with E-state index in [4.69, 9.17) is 0 Å². The summed E-state index contributed by atoms with van der Waals surface area (Å²) in [5, 5.41) is 8.18. The van der Waals surface area contributed by atoms with Crippen LogP contribution in [0, 0.1) is 6.92 Å². The van der Waals surface area contributed by atoms with E-state index in [1.54, 1.807) is 20.8 Å². The zero-order chi connectivity index (χ0) is 16.3. The molecule has 0 bridgehead atoms. The van der Waals surface area contributed by atoms with E-state index in [1.807, 2.05) is 20.8 Å². The average molecular weight is 361 g/mol. The van der Waals surface area contributed by atoms with Gasteiger partial charge in [0.15, 0.2) is 0 Å². The summed E-state index contributed by atoms with van der Waals surface area (Å²) < 4.78 is 38.6. The molecule has 0 aromatic rings. The van der Waals surface area contributed by atoms with Gasteiger partial charge in [0.05, 0.1) is 0 Å². The predicted molar refractivity (Wildman–Crippen MR) is 81.2 cm³/mol. The largest absolute Gasteiger partial charge is 0.657 e. The van der Waals surface area contributed by atoms with Crippen molar-refractivity contribution in [2.75, 3.05) is 0 Å². The number of hydrogen-bond acceptors (Lipinski definition) is 0. The van der Waals surface area contributed by atoms with Crippen molar-refractivity contribution in [1.29, 1.82) is 0 Å². The van der Waals surface area contributed by atoms with E-state index < -0.39 is 12.2 Å². The van der Waals surface area contributed by atoms with Crippen LogP contribution in [0.1, 0.15) is 60.8 Å². The Labute approximate surface area is 141 Å². The van der Waals surface area contributed by atoms with Crippen LogP contribution in [0.2, 0.25) is 0 Å². The summed E-state index contributed by atoms with van der Waals surface area (Å²) in [6.45, 7) is 14.2. The van der Waals surface area contributed by atoms with Crippen LogP contribution in [0.3, 0.4) is 0 Å². The van der Waals surface area contributed by atoms with Gasteiger partial charge in [-0.25, -0.2) is 0 Å². The predicted octanol–water partition coefficient (Wildman–Crippen LogP) is 5.88. The SMILES string of the molecule is CCC(C)[N-]C(C)CC([N-]C(C)CC)C(F)(F)F.[CH2-]C.[Zn]. The zero-order valence-electron chi connectivity index (χ0n) is 14.4. The van der Waals surface area contributed by atoms with E-state index in [0.29, 0.717) is 6.42 Å². The first-order chi connectivity index (χ1) is 9.20. The van der Waals surface area contributed by atoms with E-state index in [-0.39, 0.29) is 44.0 Å². The summed E-state index contributed by atoms with van der Waals surface area (Å²) in [4.78, 5) is 0. The quantitative estimate of drug-likeness (QED) is 0.382. The van der Waals surface area contributed by atoms with Gasteiger partial charge in [0, 0.05) is 19.5 Å². The summed E-state index contributed by atoms with van der Waals surface area (Å²) in [5.41, 5.74) is 0. The summed E-state index contributed by atoms with van der Waals surface area (Å²) in [7, 11) is 0. The molecule has 0 aromatic carbocycles. The summed E-state index contributed by atoms with van der Waals surface area (Å²) in [6.07, 6.45) is -2.83. The van der Waals surface area contributed by atoms with Crippen molar-refractivity contribution >= 4 is 0 Å². The van der Waals surface area contributed by atoms with Gasteiger partial charge in [-0.1, -0.05) is 53.9 Å². The van der Waals surface area contributed by atoms with Crippen molar-refractivity contribution in [2.45, 2.75) is 91.1 Å². The summed E-state index contributed by atoms with van der Waals surface area (Å²) in [6, 6.07) is -2.04. The molecular weight excluding hydrogens is 331 g/mol. The second-order valence-corrected chi connectivity index (χ2v) is 4.95. The van der Waals surface area contributed by atoms with Crippen molar-refractivity contribution in [3.8, 4) is 0 Å². The maximum absolute atomic E-state index is 12.9. The molecule has 0 spiro atoms. The van der Waals surface area contributed by atoms with Crippen LogP contribution in [0.25, 0.3) is 10.6 Å². The van der Waals surface area contributed by atoms with Gasteiger partial charge in [-0.3, -0.25) is 0 Å². The minimum absolute atomic E-state index is 0. The Hall–Kier alpha value is 0.333. The molecule has 0 N–H and O–H groups in total. The Morgan fingerprint density at radius 2 is 1.24 bits per heavy atom.